The summed E-state index contributed by atoms with van der Waals surface area (Å²) in [6.45, 7) is 0. The van der Waals surface area contributed by atoms with Crippen LogP contribution in [-0.2, 0) is 10.2 Å². The van der Waals surface area contributed by atoms with Crippen LogP contribution < -0.4 is 0 Å². The summed E-state index contributed by atoms with van der Waals surface area (Å²) in [5.41, 5.74) is 1.22. The summed E-state index contributed by atoms with van der Waals surface area (Å²) < 4.78 is 0. The van der Waals surface area contributed by atoms with E-state index in [1.165, 1.54) is 31.1 Å². The molecule has 1 aromatic rings. The molecular formula is C17H20O2. The molecule has 0 aliphatic heterocycles. The van der Waals surface area contributed by atoms with Crippen molar-refractivity contribution in [1.29, 1.82) is 0 Å². The molecule has 0 spiro atoms. The normalized spacial score (nSPS) is 43.4. The van der Waals surface area contributed by atoms with Gasteiger partial charge in [-0.2, -0.15) is 0 Å². The van der Waals surface area contributed by atoms with Gasteiger partial charge in [-0.1, -0.05) is 12.1 Å². The Labute approximate surface area is 113 Å². The Balaban J connectivity index is 1.84. The zero-order valence-corrected chi connectivity index (χ0v) is 11.1. The average molecular weight is 256 g/mol. The Morgan fingerprint density at radius 2 is 1.89 bits per heavy atom. The van der Waals surface area contributed by atoms with E-state index >= 15 is 0 Å². The van der Waals surface area contributed by atoms with Crippen LogP contribution in [-0.4, -0.2) is 11.4 Å². The van der Waals surface area contributed by atoms with Crippen molar-refractivity contribution in [2.24, 2.45) is 23.7 Å². The van der Waals surface area contributed by atoms with Crippen molar-refractivity contribution in [3.05, 3.63) is 29.8 Å². The lowest BCUT2D eigenvalue weighted by Gasteiger charge is -2.60. The maximum Gasteiger partial charge on any atom is 0.124 e. The molecular weight excluding hydrogens is 236 g/mol. The minimum absolute atomic E-state index is 0.0231. The van der Waals surface area contributed by atoms with Crippen LogP contribution in [0, 0.1) is 23.7 Å². The Kier molecular flexibility index (Phi) is 2.33. The first-order valence-electron chi connectivity index (χ1n) is 7.46. The molecule has 2 nitrogen and oxygen atoms in total. The van der Waals surface area contributed by atoms with Crippen molar-refractivity contribution >= 4 is 6.29 Å². The summed E-state index contributed by atoms with van der Waals surface area (Å²) in [5, 5.41) is 9.79. The molecule has 4 bridgehead atoms. The number of benzene rings is 1. The first-order valence-corrected chi connectivity index (χ1v) is 7.46. The fraction of sp³-hybridized carbons (Fsp3) is 0.588. The van der Waals surface area contributed by atoms with Gasteiger partial charge in [0.2, 0.25) is 0 Å². The van der Waals surface area contributed by atoms with Crippen LogP contribution in [0.1, 0.15) is 37.7 Å². The Bertz CT molecular complexity index is 508. The van der Waals surface area contributed by atoms with Gasteiger partial charge in [-0.3, -0.25) is 0 Å². The van der Waals surface area contributed by atoms with Gasteiger partial charge in [-0.05, 0) is 67.6 Å². The molecule has 3 atom stereocenters. The van der Waals surface area contributed by atoms with Crippen LogP contribution in [0.3, 0.4) is 0 Å². The summed E-state index contributed by atoms with van der Waals surface area (Å²) in [6.07, 6.45) is 7.37. The molecule has 0 heterocycles. The minimum atomic E-state index is 0.0231. The number of rotatable bonds is 2. The number of carbonyl (C=O) groups is 1. The van der Waals surface area contributed by atoms with Gasteiger partial charge in [0.25, 0.3) is 0 Å². The molecule has 19 heavy (non-hydrogen) atoms. The maximum absolute atomic E-state index is 11.7. The molecule has 5 rings (SSSR count). The van der Waals surface area contributed by atoms with Crippen molar-refractivity contribution in [1.82, 2.24) is 0 Å². The van der Waals surface area contributed by atoms with Crippen molar-refractivity contribution in [3.63, 3.8) is 0 Å². The zero-order chi connectivity index (χ0) is 13.0. The highest BCUT2D eigenvalue weighted by Gasteiger charge is 2.57. The number of aromatic hydroxyl groups is 1. The maximum atomic E-state index is 11.7. The molecule has 0 amide bonds. The van der Waals surface area contributed by atoms with Crippen molar-refractivity contribution in [3.8, 4) is 5.75 Å². The van der Waals surface area contributed by atoms with Gasteiger partial charge in [0.15, 0.2) is 0 Å². The third-order valence-corrected chi connectivity index (χ3v) is 5.96. The minimum Gasteiger partial charge on any atom is -0.508 e. The number of phenolic OH excluding ortho intramolecular Hbond substituents is 1. The van der Waals surface area contributed by atoms with Crippen molar-refractivity contribution < 1.29 is 9.90 Å². The topological polar surface area (TPSA) is 37.3 Å². The molecule has 2 heteroatoms. The predicted molar refractivity (Wildman–Crippen MR) is 72.9 cm³/mol. The van der Waals surface area contributed by atoms with Crippen LogP contribution in [0.15, 0.2) is 24.3 Å². The zero-order valence-electron chi connectivity index (χ0n) is 11.1. The smallest absolute Gasteiger partial charge is 0.124 e. The molecule has 0 aromatic heterocycles. The van der Waals surface area contributed by atoms with Gasteiger partial charge in [-0.15, -0.1) is 0 Å². The average Bonchev–Trinajstić information content (AvgIpc) is 2.38. The van der Waals surface area contributed by atoms with Crippen LogP contribution in [0.4, 0.5) is 0 Å². The first kappa shape index (κ1) is 11.5. The van der Waals surface area contributed by atoms with E-state index in [0.717, 1.165) is 24.7 Å². The summed E-state index contributed by atoms with van der Waals surface area (Å²) in [7, 11) is 0. The summed E-state index contributed by atoms with van der Waals surface area (Å²) in [4.78, 5) is 11.7. The van der Waals surface area contributed by atoms with E-state index < -0.39 is 0 Å². The standard InChI is InChI=1S/C17H20O2/c18-10-16-13-5-11-4-12(6-13)9-17(16,8-11)14-2-1-3-15(19)7-14/h1-3,7,10-13,16,19H,4-6,8-9H2. The molecule has 0 radical (unpaired) electrons. The van der Waals surface area contributed by atoms with Gasteiger partial charge in [-0.25, -0.2) is 0 Å². The van der Waals surface area contributed by atoms with E-state index in [0.29, 0.717) is 11.7 Å². The molecule has 4 saturated carbocycles. The third kappa shape index (κ3) is 1.52. The molecule has 4 aliphatic carbocycles. The monoisotopic (exact) mass is 256 g/mol. The van der Waals surface area contributed by atoms with E-state index in [1.54, 1.807) is 6.07 Å². The second kappa shape index (κ2) is 3.84. The number of phenols is 1. The second-order valence-electron chi connectivity index (χ2n) is 6.98. The summed E-state index contributed by atoms with van der Waals surface area (Å²) in [6, 6.07) is 7.65. The molecule has 4 aliphatic rings. The molecule has 1 aromatic carbocycles. The molecule has 1 N–H and O–H groups in total. The fourth-order valence-electron chi connectivity index (χ4n) is 5.56. The molecule has 3 unspecified atom stereocenters. The number of aldehydes is 1. The number of hydrogen-bond acceptors (Lipinski definition) is 2. The van der Waals surface area contributed by atoms with Crippen LogP contribution in [0.2, 0.25) is 0 Å². The van der Waals surface area contributed by atoms with Gasteiger partial charge >= 0.3 is 0 Å². The van der Waals surface area contributed by atoms with E-state index in [1.807, 2.05) is 12.1 Å². The Morgan fingerprint density at radius 3 is 2.53 bits per heavy atom. The highest BCUT2D eigenvalue weighted by molar-refractivity contribution is 5.60. The quantitative estimate of drug-likeness (QED) is 0.824. The summed E-state index contributed by atoms with van der Waals surface area (Å²) in [5.74, 6) is 2.69. The van der Waals surface area contributed by atoms with E-state index in [-0.39, 0.29) is 11.3 Å². The molecule has 0 saturated heterocycles. The SMILES string of the molecule is O=CC1C2CC3CC(C2)CC1(c1cccc(O)c1)C3. The first-order chi connectivity index (χ1) is 9.21. The van der Waals surface area contributed by atoms with Gasteiger partial charge < -0.3 is 9.90 Å². The third-order valence-electron chi connectivity index (χ3n) is 5.96. The van der Waals surface area contributed by atoms with Crippen LogP contribution in [0.5, 0.6) is 5.75 Å². The highest BCUT2D eigenvalue weighted by Crippen LogP contribution is 2.63. The Morgan fingerprint density at radius 1 is 1.16 bits per heavy atom. The predicted octanol–water partition coefficient (Wildman–Crippen LogP) is 3.29. The lowest BCUT2D eigenvalue weighted by Crippen LogP contribution is -2.55. The molecule has 4 fully saturated rings. The van der Waals surface area contributed by atoms with E-state index in [4.69, 9.17) is 0 Å². The van der Waals surface area contributed by atoms with Crippen molar-refractivity contribution in [2.75, 3.05) is 0 Å². The lowest BCUT2D eigenvalue weighted by atomic mass is 9.44. The van der Waals surface area contributed by atoms with Crippen LogP contribution >= 0.6 is 0 Å². The number of hydrogen-bond donors (Lipinski definition) is 1. The summed E-state index contributed by atoms with van der Waals surface area (Å²) >= 11 is 0. The van der Waals surface area contributed by atoms with E-state index in [2.05, 4.69) is 6.07 Å². The van der Waals surface area contributed by atoms with Gasteiger partial charge in [0.1, 0.15) is 12.0 Å². The lowest BCUT2D eigenvalue weighted by molar-refractivity contribution is -0.127. The van der Waals surface area contributed by atoms with Gasteiger partial charge in [0.05, 0.1) is 0 Å². The largest absolute Gasteiger partial charge is 0.508 e. The van der Waals surface area contributed by atoms with Crippen LogP contribution in [0.25, 0.3) is 0 Å². The Hall–Kier alpha value is -1.31. The van der Waals surface area contributed by atoms with E-state index in [9.17, 15) is 9.90 Å². The van der Waals surface area contributed by atoms with Gasteiger partial charge in [0, 0.05) is 11.3 Å². The molecule has 100 valence electrons. The van der Waals surface area contributed by atoms with Crippen molar-refractivity contribution in [2.45, 2.75) is 37.5 Å². The number of carbonyl (C=O) groups excluding carboxylic acids is 1. The second-order valence-corrected chi connectivity index (χ2v) is 6.98. The fourth-order valence-corrected chi connectivity index (χ4v) is 5.56. The highest BCUT2D eigenvalue weighted by atomic mass is 16.3.